The summed E-state index contributed by atoms with van der Waals surface area (Å²) in [6.45, 7) is 1.77. The molecule has 1 fully saturated rings. The van der Waals surface area contributed by atoms with E-state index >= 15 is 0 Å². The average molecular weight is 332 g/mol. The van der Waals surface area contributed by atoms with Crippen LogP contribution in [0.5, 0.6) is 0 Å². The Morgan fingerprint density at radius 2 is 2.39 bits per heavy atom. The molecule has 2 rings (SSSR count). The third-order valence-electron chi connectivity index (χ3n) is 3.14. The average Bonchev–Trinajstić information content (AvgIpc) is 2.85. The predicted octanol–water partition coefficient (Wildman–Crippen LogP) is 2.97. The Morgan fingerprint density at radius 3 is 3.11 bits per heavy atom. The largest absolute Gasteiger partial charge is 0.352 e. The second-order valence-corrected chi connectivity index (χ2v) is 5.67. The second-order valence-electron chi connectivity index (χ2n) is 4.44. The summed E-state index contributed by atoms with van der Waals surface area (Å²) in [7, 11) is 0. The lowest BCUT2D eigenvalue weighted by Gasteiger charge is -2.11. The van der Waals surface area contributed by atoms with Crippen molar-refractivity contribution in [2.45, 2.75) is 25.3 Å². The summed E-state index contributed by atoms with van der Waals surface area (Å²) in [6.07, 6.45) is 3.40. The van der Waals surface area contributed by atoms with Gasteiger partial charge in [-0.3, -0.25) is 4.79 Å². The number of rotatable bonds is 4. The first-order valence-corrected chi connectivity index (χ1v) is 7.31. The molecule has 1 atom stereocenters. The van der Waals surface area contributed by atoms with Crippen LogP contribution in [0.4, 0.5) is 0 Å². The maximum atomic E-state index is 12.0. The van der Waals surface area contributed by atoms with Gasteiger partial charge in [0.2, 0.25) is 0 Å². The Hall–Kier alpha value is -0.580. The Labute approximate surface area is 120 Å². The highest BCUT2D eigenvalue weighted by atomic mass is 79.9. The molecule has 1 aliphatic heterocycles. The molecule has 1 aromatic carbocycles. The van der Waals surface area contributed by atoms with E-state index in [0.29, 0.717) is 23.2 Å². The van der Waals surface area contributed by atoms with Crippen molar-refractivity contribution in [2.75, 3.05) is 13.1 Å². The number of hydrogen-bond donors (Lipinski definition) is 2. The minimum atomic E-state index is -0.112. The van der Waals surface area contributed by atoms with Gasteiger partial charge in [0.1, 0.15) is 0 Å². The number of carbonyl (C=O) groups excluding carboxylic acids is 1. The topological polar surface area (TPSA) is 41.1 Å². The van der Waals surface area contributed by atoms with Gasteiger partial charge in [0.25, 0.3) is 5.91 Å². The molecule has 2 N–H and O–H groups in total. The minimum Gasteiger partial charge on any atom is -0.352 e. The highest BCUT2D eigenvalue weighted by molar-refractivity contribution is 9.10. The van der Waals surface area contributed by atoms with Crippen molar-refractivity contribution in [3.8, 4) is 0 Å². The Kier molecular flexibility index (Phi) is 5.03. The van der Waals surface area contributed by atoms with E-state index in [-0.39, 0.29) is 5.91 Å². The quantitative estimate of drug-likeness (QED) is 0.890. The maximum Gasteiger partial charge on any atom is 0.252 e. The van der Waals surface area contributed by atoms with Crippen molar-refractivity contribution < 1.29 is 4.79 Å². The second kappa shape index (κ2) is 6.55. The molecule has 0 spiro atoms. The smallest absolute Gasteiger partial charge is 0.252 e. The molecule has 5 heteroatoms. The molecule has 98 valence electrons. The SMILES string of the molecule is O=C(NCC[C@@H]1CCCN1)c1cccc(Br)c1Cl. The van der Waals surface area contributed by atoms with Crippen LogP contribution in [-0.4, -0.2) is 25.0 Å². The van der Waals surface area contributed by atoms with Gasteiger partial charge in [0, 0.05) is 17.1 Å². The molecule has 0 aromatic heterocycles. The molecule has 0 saturated carbocycles. The highest BCUT2D eigenvalue weighted by Crippen LogP contribution is 2.25. The molecule has 3 nitrogen and oxygen atoms in total. The normalized spacial score (nSPS) is 18.9. The van der Waals surface area contributed by atoms with E-state index in [1.807, 2.05) is 12.1 Å². The summed E-state index contributed by atoms with van der Waals surface area (Å²) in [5, 5.41) is 6.78. The number of carbonyl (C=O) groups is 1. The lowest BCUT2D eigenvalue weighted by Crippen LogP contribution is -2.30. The lowest BCUT2D eigenvalue weighted by atomic mass is 10.1. The maximum absolute atomic E-state index is 12.0. The molecule has 1 amide bonds. The van der Waals surface area contributed by atoms with Gasteiger partial charge in [0.15, 0.2) is 0 Å². The van der Waals surface area contributed by atoms with Crippen LogP contribution in [0.1, 0.15) is 29.6 Å². The first-order valence-electron chi connectivity index (χ1n) is 6.14. The van der Waals surface area contributed by atoms with Crippen molar-refractivity contribution in [1.82, 2.24) is 10.6 Å². The number of benzene rings is 1. The van der Waals surface area contributed by atoms with Crippen LogP contribution in [-0.2, 0) is 0 Å². The minimum absolute atomic E-state index is 0.112. The lowest BCUT2D eigenvalue weighted by molar-refractivity contribution is 0.0952. The van der Waals surface area contributed by atoms with Crippen LogP contribution >= 0.6 is 27.5 Å². The zero-order chi connectivity index (χ0) is 13.0. The van der Waals surface area contributed by atoms with Crippen LogP contribution in [0.25, 0.3) is 0 Å². The fourth-order valence-corrected chi connectivity index (χ4v) is 2.72. The molecule has 0 radical (unpaired) electrons. The Balaban J connectivity index is 1.85. The van der Waals surface area contributed by atoms with E-state index < -0.39 is 0 Å². The molecule has 0 aliphatic carbocycles. The van der Waals surface area contributed by atoms with Crippen LogP contribution < -0.4 is 10.6 Å². The van der Waals surface area contributed by atoms with Crippen LogP contribution in [0.3, 0.4) is 0 Å². The predicted molar refractivity (Wildman–Crippen MR) is 77.1 cm³/mol. The Bertz CT molecular complexity index is 433. The molecule has 1 aromatic rings. The first kappa shape index (κ1) is 13.8. The molecule has 1 heterocycles. The van der Waals surface area contributed by atoms with E-state index in [1.165, 1.54) is 12.8 Å². The third kappa shape index (κ3) is 3.46. The van der Waals surface area contributed by atoms with Gasteiger partial charge in [-0.05, 0) is 53.9 Å². The van der Waals surface area contributed by atoms with E-state index in [2.05, 4.69) is 26.6 Å². The molecular formula is C13H16BrClN2O. The van der Waals surface area contributed by atoms with E-state index in [9.17, 15) is 4.79 Å². The zero-order valence-corrected chi connectivity index (χ0v) is 12.4. The Morgan fingerprint density at radius 1 is 1.56 bits per heavy atom. The third-order valence-corrected chi connectivity index (χ3v) is 4.43. The zero-order valence-electron chi connectivity index (χ0n) is 10.0. The molecule has 18 heavy (non-hydrogen) atoms. The standard InChI is InChI=1S/C13H16BrClN2O/c14-11-5-1-4-10(12(11)15)13(18)17-8-6-9-3-2-7-16-9/h1,4-5,9,16H,2-3,6-8H2,(H,17,18)/t9-/m0/s1. The van der Waals surface area contributed by atoms with E-state index in [4.69, 9.17) is 11.6 Å². The number of nitrogens with one attached hydrogen (secondary N) is 2. The van der Waals surface area contributed by atoms with Crippen molar-refractivity contribution in [1.29, 1.82) is 0 Å². The van der Waals surface area contributed by atoms with Gasteiger partial charge >= 0.3 is 0 Å². The van der Waals surface area contributed by atoms with Crippen molar-refractivity contribution >= 4 is 33.4 Å². The van der Waals surface area contributed by atoms with Gasteiger partial charge < -0.3 is 10.6 Å². The van der Waals surface area contributed by atoms with Gasteiger partial charge in [-0.25, -0.2) is 0 Å². The molecule has 1 saturated heterocycles. The number of halogens is 2. The fourth-order valence-electron chi connectivity index (χ4n) is 2.14. The summed E-state index contributed by atoms with van der Waals surface area (Å²) < 4.78 is 0.745. The first-order chi connectivity index (χ1) is 8.68. The monoisotopic (exact) mass is 330 g/mol. The molecular weight excluding hydrogens is 316 g/mol. The van der Waals surface area contributed by atoms with Gasteiger partial charge in [-0.1, -0.05) is 17.7 Å². The van der Waals surface area contributed by atoms with Gasteiger partial charge in [-0.15, -0.1) is 0 Å². The fraction of sp³-hybridized carbons (Fsp3) is 0.462. The van der Waals surface area contributed by atoms with Gasteiger partial charge in [0.05, 0.1) is 10.6 Å². The van der Waals surface area contributed by atoms with Crippen molar-refractivity contribution in [2.24, 2.45) is 0 Å². The van der Waals surface area contributed by atoms with E-state index in [1.54, 1.807) is 6.07 Å². The highest BCUT2D eigenvalue weighted by Gasteiger charge is 2.15. The molecule has 0 unspecified atom stereocenters. The summed E-state index contributed by atoms with van der Waals surface area (Å²) in [5.41, 5.74) is 0.519. The molecule has 1 aliphatic rings. The number of hydrogen-bond acceptors (Lipinski definition) is 2. The number of amides is 1. The van der Waals surface area contributed by atoms with Crippen molar-refractivity contribution in [3.63, 3.8) is 0 Å². The van der Waals surface area contributed by atoms with Crippen molar-refractivity contribution in [3.05, 3.63) is 33.3 Å². The summed E-state index contributed by atoms with van der Waals surface area (Å²) in [6, 6.07) is 5.91. The van der Waals surface area contributed by atoms with Crippen LogP contribution in [0.15, 0.2) is 22.7 Å². The summed E-state index contributed by atoms with van der Waals surface area (Å²) >= 11 is 9.39. The van der Waals surface area contributed by atoms with Crippen LogP contribution in [0, 0.1) is 0 Å². The van der Waals surface area contributed by atoms with Crippen LogP contribution in [0.2, 0.25) is 5.02 Å². The molecule has 0 bridgehead atoms. The van der Waals surface area contributed by atoms with Gasteiger partial charge in [-0.2, -0.15) is 0 Å². The summed E-state index contributed by atoms with van der Waals surface area (Å²) in [5.74, 6) is -0.112. The summed E-state index contributed by atoms with van der Waals surface area (Å²) in [4.78, 5) is 12.0. The van der Waals surface area contributed by atoms with E-state index in [0.717, 1.165) is 17.4 Å².